The van der Waals surface area contributed by atoms with Crippen molar-refractivity contribution in [3.8, 4) is 6.07 Å². The Morgan fingerprint density at radius 2 is 2.10 bits per heavy atom. The molecule has 3 aromatic rings. The van der Waals surface area contributed by atoms with E-state index in [0.29, 0.717) is 23.0 Å². The van der Waals surface area contributed by atoms with Crippen LogP contribution in [0.25, 0.3) is 10.9 Å². The number of aromatic nitrogens is 2. The van der Waals surface area contributed by atoms with Crippen LogP contribution >= 0.6 is 15.9 Å². The van der Waals surface area contributed by atoms with Crippen LogP contribution in [0, 0.1) is 11.3 Å². The lowest BCUT2D eigenvalue weighted by atomic mass is 10.1. The van der Waals surface area contributed by atoms with Gasteiger partial charge >= 0.3 is 0 Å². The van der Waals surface area contributed by atoms with Crippen molar-refractivity contribution in [2.45, 2.75) is 6.54 Å². The number of fused-ring (bicyclic) bond motifs is 1. The van der Waals surface area contributed by atoms with Gasteiger partial charge in [0.1, 0.15) is 0 Å². The maximum Gasteiger partial charge on any atom is 0.261 e. The van der Waals surface area contributed by atoms with Gasteiger partial charge in [0, 0.05) is 4.47 Å². The third-order valence-electron chi connectivity index (χ3n) is 3.20. The Morgan fingerprint density at radius 3 is 2.90 bits per heavy atom. The molecule has 21 heavy (non-hydrogen) atoms. The maximum atomic E-state index is 12.4. The summed E-state index contributed by atoms with van der Waals surface area (Å²) in [6, 6.07) is 14.7. The molecule has 0 saturated carbocycles. The Kier molecular flexibility index (Phi) is 3.55. The first-order valence-electron chi connectivity index (χ1n) is 6.31. The second kappa shape index (κ2) is 5.51. The van der Waals surface area contributed by atoms with Gasteiger partial charge in [0.15, 0.2) is 0 Å². The highest BCUT2D eigenvalue weighted by molar-refractivity contribution is 9.10. The van der Waals surface area contributed by atoms with Gasteiger partial charge in [0.05, 0.1) is 35.4 Å². The molecule has 0 bridgehead atoms. The van der Waals surface area contributed by atoms with E-state index >= 15 is 0 Å². The molecular weight excluding hydrogens is 330 g/mol. The van der Waals surface area contributed by atoms with Crippen LogP contribution < -0.4 is 5.56 Å². The lowest BCUT2D eigenvalue weighted by molar-refractivity contribution is 0.748. The van der Waals surface area contributed by atoms with Gasteiger partial charge in [-0.1, -0.05) is 28.1 Å². The van der Waals surface area contributed by atoms with Crippen molar-refractivity contribution < 1.29 is 0 Å². The number of nitrogens with zero attached hydrogens (tertiary/aromatic N) is 3. The van der Waals surface area contributed by atoms with E-state index in [-0.39, 0.29) is 5.56 Å². The van der Waals surface area contributed by atoms with Gasteiger partial charge < -0.3 is 0 Å². The zero-order valence-electron chi connectivity index (χ0n) is 11.0. The number of hydrogen-bond donors (Lipinski definition) is 0. The molecule has 0 unspecified atom stereocenters. The maximum absolute atomic E-state index is 12.4. The molecule has 102 valence electrons. The highest BCUT2D eigenvalue weighted by Crippen LogP contribution is 2.15. The Morgan fingerprint density at radius 1 is 1.24 bits per heavy atom. The predicted molar refractivity (Wildman–Crippen MR) is 84.0 cm³/mol. The number of benzene rings is 2. The smallest absolute Gasteiger partial charge is 0.261 e. The van der Waals surface area contributed by atoms with Crippen LogP contribution in [0.2, 0.25) is 0 Å². The third kappa shape index (κ3) is 2.71. The van der Waals surface area contributed by atoms with Gasteiger partial charge in [-0.2, -0.15) is 5.26 Å². The molecule has 5 heteroatoms. The number of halogens is 1. The Labute approximate surface area is 129 Å². The van der Waals surface area contributed by atoms with Crippen molar-refractivity contribution in [1.29, 1.82) is 5.26 Å². The summed E-state index contributed by atoms with van der Waals surface area (Å²) in [7, 11) is 0. The molecule has 1 aromatic heterocycles. The Hall–Kier alpha value is -2.45. The molecule has 3 rings (SSSR count). The van der Waals surface area contributed by atoms with Crippen molar-refractivity contribution in [2.24, 2.45) is 0 Å². The molecule has 0 fully saturated rings. The van der Waals surface area contributed by atoms with Gasteiger partial charge in [-0.3, -0.25) is 9.36 Å². The average Bonchev–Trinajstić information content (AvgIpc) is 2.50. The van der Waals surface area contributed by atoms with E-state index in [2.05, 4.69) is 27.0 Å². The van der Waals surface area contributed by atoms with Crippen LogP contribution in [0.1, 0.15) is 11.1 Å². The van der Waals surface area contributed by atoms with Crippen molar-refractivity contribution in [3.63, 3.8) is 0 Å². The number of nitriles is 1. The molecule has 0 saturated heterocycles. The fourth-order valence-corrected chi connectivity index (χ4v) is 2.53. The number of rotatable bonds is 2. The minimum atomic E-state index is -0.0881. The summed E-state index contributed by atoms with van der Waals surface area (Å²) in [5.41, 5.74) is 2.05. The largest absolute Gasteiger partial charge is 0.294 e. The summed E-state index contributed by atoms with van der Waals surface area (Å²) in [6.45, 7) is 0.396. The molecule has 0 radical (unpaired) electrons. The highest BCUT2D eigenvalue weighted by Gasteiger charge is 2.05. The van der Waals surface area contributed by atoms with Crippen LogP contribution in [0.5, 0.6) is 0 Å². The average molecular weight is 340 g/mol. The quantitative estimate of drug-likeness (QED) is 0.720. The summed E-state index contributed by atoms with van der Waals surface area (Å²) >= 11 is 3.37. The first-order valence-corrected chi connectivity index (χ1v) is 7.10. The molecule has 0 atom stereocenters. The molecule has 0 aliphatic carbocycles. The van der Waals surface area contributed by atoms with Crippen molar-refractivity contribution in [3.05, 3.63) is 74.7 Å². The summed E-state index contributed by atoms with van der Waals surface area (Å²) < 4.78 is 2.44. The van der Waals surface area contributed by atoms with Crippen LogP contribution in [-0.4, -0.2) is 9.55 Å². The summed E-state index contributed by atoms with van der Waals surface area (Å²) in [6.07, 6.45) is 1.54. The van der Waals surface area contributed by atoms with Gasteiger partial charge in [-0.25, -0.2) is 4.98 Å². The van der Waals surface area contributed by atoms with Crippen LogP contribution in [0.3, 0.4) is 0 Å². The number of hydrogen-bond acceptors (Lipinski definition) is 3. The highest BCUT2D eigenvalue weighted by atomic mass is 79.9. The van der Waals surface area contributed by atoms with E-state index in [4.69, 9.17) is 5.26 Å². The minimum absolute atomic E-state index is 0.0881. The van der Waals surface area contributed by atoms with Crippen molar-refractivity contribution in [1.82, 2.24) is 9.55 Å². The minimum Gasteiger partial charge on any atom is -0.294 e. The first kappa shape index (κ1) is 13.5. The van der Waals surface area contributed by atoms with Gasteiger partial charge in [0.25, 0.3) is 5.56 Å². The van der Waals surface area contributed by atoms with Crippen LogP contribution in [0.4, 0.5) is 0 Å². The molecule has 0 aliphatic heterocycles. The second-order valence-electron chi connectivity index (χ2n) is 4.65. The lowest BCUT2D eigenvalue weighted by Crippen LogP contribution is -2.21. The van der Waals surface area contributed by atoms with Crippen LogP contribution in [0.15, 0.2) is 58.1 Å². The molecule has 2 aromatic carbocycles. The van der Waals surface area contributed by atoms with Gasteiger partial charge in [-0.15, -0.1) is 0 Å². The summed E-state index contributed by atoms with van der Waals surface area (Å²) in [5.74, 6) is 0. The van der Waals surface area contributed by atoms with E-state index in [9.17, 15) is 4.79 Å². The van der Waals surface area contributed by atoms with E-state index in [1.54, 1.807) is 22.8 Å². The standard InChI is InChI=1S/C16H10BrN3O/c17-13-4-5-14-15(7-13)19-10-20(16(14)21)9-12-3-1-2-11(6-12)8-18/h1-7,10H,9H2. The topological polar surface area (TPSA) is 58.7 Å². The third-order valence-corrected chi connectivity index (χ3v) is 3.69. The van der Waals surface area contributed by atoms with Crippen LogP contribution in [-0.2, 0) is 6.54 Å². The fourth-order valence-electron chi connectivity index (χ4n) is 2.18. The second-order valence-corrected chi connectivity index (χ2v) is 5.57. The molecule has 4 nitrogen and oxygen atoms in total. The molecule has 1 heterocycles. The SMILES string of the molecule is N#Cc1cccc(Cn2cnc3cc(Br)ccc3c2=O)c1. The predicted octanol–water partition coefficient (Wildman–Crippen LogP) is 3.08. The zero-order chi connectivity index (χ0) is 14.8. The van der Waals surface area contributed by atoms with E-state index in [1.165, 1.54) is 6.33 Å². The van der Waals surface area contributed by atoms with Gasteiger partial charge in [-0.05, 0) is 35.9 Å². The molecule has 0 amide bonds. The van der Waals surface area contributed by atoms with E-state index in [0.717, 1.165) is 10.0 Å². The lowest BCUT2D eigenvalue weighted by Gasteiger charge is -2.07. The summed E-state index contributed by atoms with van der Waals surface area (Å²) in [5, 5.41) is 9.50. The zero-order valence-corrected chi connectivity index (χ0v) is 12.5. The first-order chi connectivity index (χ1) is 10.2. The molecule has 0 N–H and O–H groups in total. The monoisotopic (exact) mass is 339 g/mol. The molecule has 0 spiro atoms. The van der Waals surface area contributed by atoms with E-state index in [1.807, 2.05) is 24.3 Å². The van der Waals surface area contributed by atoms with Crippen molar-refractivity contribution in [2.75, 3.05) is 0 Å². The molecule has 0 aliphatic rings. The van der Waals surface area contributed by atoms with E-state index < -0.39 is 0 Å². The summed E-state index contributed by atoms with van der Waals surface area (Å²) in [4.78, 5) is 16.8. The Balaban J connectivity index is 2.05. The normalized spacial score (nSPS) is 10.5. The molecular formula is C16H10BrN3O. The fraction of sp³-hybridized carbons (Fsp3) is 0.0625. The van der Waals surface area contributed by atoms with Gasteiger partial charge in [0.2, 0.25) is 0 Å². The Bertz CT molecular complexity index is 925. The van der Waals surface area contributed by atoms with Crippen molar-refractivity contribution >= 4 is 26.8 Å².